The fourth-order valence-electron chi connectivity index (χ4n) is 2.96. The first-order valence-electron chi connectivity index (χ1n) is 8.54. The largest absolute Gasteiger partial charge is 0.305 e. The molecule has 0 unspecified atom stereocenters. The maximum Gasteiger partial charge on any atom is 0.209 e. The molecule has 7 heteroatoms. The third-order valence-corrected chi connectivity index (χ3v) is 5.46. The van der Waals surface area contributed by atoms with Crippen LogP contribution in [0, 0.1) is 0 Å². The number of para-hydroxylation sites is 1. The van der Waals surface area contributed by atoms with Crippen molar-refractivity contribution in [3.05, 3.63) is 71.4 Å². The van der Waals surface area contributed by atoms with Crippen LogP contribution in [0.5, 0.6) is 0 Å². The topological polar surface area (TPSA) is 48.0 Å². The molecule has 1 aliphatic rings. The van der Waals surface area contributed by atoms with E-state index < -0.39 is 0 Å². The predicted octanol–water partition coefficient (Wildman–Crippen LogP) is 4.74. The van der Waals surface area contributed by atoms with Crippen molar-refractivity contribution in [1.82, 2.24) is 24.1 Å². The van der Waals surface area contributed by atoms with E-state index in [1.54, 1.807) is 11.8 Å². The van der Waals surface area contributed by atoms with Crippen molar-refractivity contribution in [2.24, 2.45) is 0 Å². The van der Waals surface area contributed by atoms with Gasteiger partial charge in [-0.05, 0) is 37.1 Å². The van der Waals surface area contributed by atoms with Gasteiger partial charge in [0.15, 0.2) is 0 Å². The fraction of sp³-hybridized carbons (Fsp3) is 0.211. The van der Waals surface area contributed by atoms with Crippen molar-refractivity contribution in [3.8, 4) is 5.69 Å². The second kappa shape index (κ2) is 6.45. The molecule has 5 rings (SSSR count). The van der Waals surface area contributed by atoms with Gasteiger partial charge in [0.05, 0.1) is 16.4 Å². The molecule has 0 amide bonds. The molecule has 0 bridgehead atoms. The van der Waals surface area contributed by atoms with Gasteiger partial charge in [-0.1, -0.05) is 41.6 Å². The van der Waals surface area contributed by atoms with E-state index >= 15 is 0 Å². The van der Waals surface area contributed by atoms with Crippen LogP contribution in [0.1, 0.15) is 30.3 Å². The minimum absolute atomic E-state index is 0.536. The summed E-state index contributed by atoms with van der Waals surface area (Å²) in [7, 11) is 0. The quantitative estimate of drug-likeness (QED) is 0.468. The normalized spacial score (nSPS) is 14.2. The Bertz CT molecular complexity index is 1070. The number of pyridine rings is 1. The summed E-state index contributed by atoms with van der Waals surface area (Å²) < 4.78 is 3.94. The smallest absolute Gasteiger partial charge is 0.209 e. The molecule has 1 aliphatic carbocycles. The van der Waals surface area contributed by atoms with Crippen LogP contribution in [0.2, 0.25) is 5.02 Å². The van der Waals surface area contributed by atoms with Gasteiger partial charge in [-0.3, -0.25) is 0 Å². The maximum atomic E-state index is 6.04. The monoisotopic (exact) mass is 381 g/mol. The summed E-state index contributed by atoms with van der Waals surface area (Å²) >= 11 is 7.65. The lowest BCUT2D eigenvalue weighted by atomic mass is 10.3. The van der Waals surface area contributed by atoms with Crippen molar-refractivity contribution >= 4 is 29.0 Å². The molecule has 5 nitrogen and oxygen atoms in total. The van der Waals surface area contributed by atoms with E-state index in [-0.39, 0.29) is 0 Å². The summed E-state index contributed by atoms with van der Waals surface area (Å²) in [6.45, 7) is 0. The Morgan fingerprint density at radius 2 is 1.88 bits per heavy atom. The van der Waals surface area contributed by atoms with Crippen molar-refractivity contribution < 1.29 is 0 Å². The van der Waals surface area contributed by atoms with Gasteiger partial charge in [-0.2, -0.15) is 0 Å². The summed E-state index contributed by atoms with van der Waals surface area (Å²) in [6, 6.07) is 14.0. The highest BCUT2D eigenvalue weighted by Gasteiger charge is 2.30. The number of nitrogens with zero attached hydrogens (tertiary/aromatic N) is 5. The summed E-state index contributed by atoms with van der Waals surface area (Å²) in [6.07, 6.45) is 6.27. The van der Waals surface area contributed by atoms with E-state index in [0.29, 0.717) is 10.9 Å². The highest BCUT2D eigenvalue weighted by Crippen LogP contribution is 2.40. The number of rotatable bonds is 5. The van der Waals surface area contributed by atoms with Crippen molar-refractivity contribution in [1.29, 1.82) is 0 Å². The molecule has 1 saturated carbocycles. The van der Waals surface area contributed by atoms with E-state index in [1.165, 1.54) is 12.8 Å². The Morgan fingerprint density at radius 1 is 1.04 bits per heavy atom. The maximum absolute atomic E-state index is 6.04. The van der Waals surface area contributed by atoms with Gasteiger partial charge in [-0.25, -0.2) is 14.6 Å². The third-order valence-electron chi connectivity index (χ3n) is 4.37. The molecule has 4 aromatic rings. The molecule has 130 valence electrons. The number of halogens is 1. The molecule has 3 heterocycles. The van der Waals surface area contributed by atoms with Crippen LogP contribution in [0.15, 0.2) is 60.0 Å². The summed E-state index contributed by atoms with van der Waals surface area (Å²) in [5.41, 5.74) is 2.95. The van der Waals surface area contributed by atoms with Gasteiger partial charge in [0, 0.05) is 24.1 Å². The number of benzene rings is 1. The van der Waals surface area contributed by atoms with Gasteiger partial charge in [-0.15, -0.1) is 5.10 Å². The number of hydrogen-bond acceptors (Lipinski definition) is 4. The van der Waals surface area contributed by atoms with Gasteiger partial charge < -0.3 is 4.40 Å². The summed E-state index contributed by atoms with van der Waals surface area (Å²) in [4.78, 5) is 9.42. The van der Waals surface area contributed by atoms with Gasteiger partial charge in [0.1, 0.15) is 11.5 Å². The van der Waals surface area contributed by atoms with E-state index in [9.17, 15) is 0 Å². The molecule has 26 heavy (non-hydrogen) atoms. The van der Waals surface area contributed by atoms with Crippen molar-refractivity contribution in [2.75, 3.05) is 0 Å². The third kappa shape index (κ3) is 3.10. The zero-order valence-electron chi connectivity index (χ0n) is 13.9. The van der Waals surface area contributed by atoms with Gasteiger partial charge >= 0.3 is 0 Å². The average molecular weight is 382 g/mol. The van der Waals surface area contributed by atoms with Gasteiger partial charge in [0.25, 0.3) is 0 Å². The van der Waals surface area contributed by atoms with Crippen LogP contribution in [0.3, 0.4) is 0 Å². The number of imidazole rings is 1. The number of hydrogen-bond donors (Lipinski definition) is 0. The Balaban J connectivity index is 1.40. The van der Waals surface area contributed by atoms with E-state index in [4.69, 9.17) is 21.7 Å². The summed E-state index contributed by atoms with van der Waals surface area (Å²) in [5.74, 6) is 2.33. The van der Waals surface area contributed by atoms with Crippen LogP contribution in [-0.2, 0) is 5.75 Å². The number of aromatic nitrogens is 5. The fourth-order valence-corrected chi connectivity index (χ4v) is 3.84. The van der Waals surface area contributed by atoms with E-state index in [2.05, 4.69) is 17.1 Å². The molecule has 0 radical (unpaired) electrons. The van der Waals surface area contributed by atoms with Crippen LogP contribution in [0.25, 0.3) is 11.3 Å². The van der Waals surface area contributed by atoms with Crippen LogP contribution in [0.4, 0.5) is 0 Å². The molecule has 0 aliphatic heterocycles. The minimum Gasteiger partial charge on any atom is -0.305 e. The second-order valence-electron chi connectivity index (χ2n) is 6.41. The average Bonchev–Trinajstić information content (AvgIpc) is 3.29. The standard InChI is InChI=1S/C19H16ClN5S/c20-14-8-9-17-21-15(11-24(17)10-14)12-26-19-22-18(13-6-7-13)25(23-19)16-4-2-1-3-5-16/h1-5,8-11,13H,6-7,12H2. The molecule has 0 spiro atoms. The van der Waals surface area contributed by atoms with Crippen molar-refractivity contribution in [2.45, 2.75) is 29.7 Å². The van der Waals surface area contributed by atoms with Gasteiger partial charge in [0.2, 0.25) is 5.16 Å². The molecule has 1 aromatic carbocycles. The van der Waals surface area contributed by atoms with E-state index in [0.717, 1.165) is 33.8 Å². The number of thioether (sulfide) groups is 1. The van der Waals surface area contributed by atoms with Crippen LogP contribution >= 0.6 is 23.4 Å². The Hall–Kier alpha value is -2.31. The molecular formula is C19H16ClN5S. The van der Waals surface area contributed by atoms with Crippen molar-refractivity contribution in [3.63, 3.8) is 0 Å². The lowest BCUT2D eigenvalue weighted by Crippen LogP contribution is -2.01. The lowest BCUT2D eigenvalue weighted by molar-refractivity contribution is 0.782. The van der Waals surface area contributed by atoms with E-state index in [1.807, 2.05) is 51.8 Å². The molecule has 1 fully saturated rings. The first-order valence-corrected chi connectivity index (χ1v) is 9.91. The molecular weight excluding hydrogens is 366 g/mol. The highest BCUT2D eigenvalue weighted by atomic mass is 35.5. The predicted molar refractivity (Wildman–Crippen MR) is 103 cm³/mol. The Labute approximate surface area is 160 Å². The van der Waals surface area contributed by atoms with Crippen LogP contribution in [-0.4, -0.2) is 24.1 Å². The Kier molecular flexibility index (Phi) is 3.94. The first-order chi connectivity index (χ1) is 12.8. The van der Waals surface area contributed by atoms with Crippen LogP contribution < -0.4 is 0 Å². The zero-order valence-corrected chi connectivity index (χ0v) is 15.5. The highest BCUT2D eigenvalue weighted by molar-refractivity contribution is 7.98. The minimum atomic E-state index is 0.536. The molecule has 3 aromatic heterocycles. The molecule has 0 N–H and O–H groups in total. The zero-order chi connectivity index (χ0) is 17.5. The molecule has 0 saturated heterocycles. The summed E-state index contributed by atoms with van der Waals surface area (Å²) in [5, 5.41) is 6.24. The first kappa shape index (κ1) is 15.9. The molecule has 0 atom stereocenters. The second-order valence-corrected chi connectivity index (χ2v) is 7.79. The lowest BCUT2D eigenvalue weighted by Gasteiger charge is -2.03. The SMILES string of the molecule is Clc1ccc2nc(CSc3nc(C4CC4)n(-c4ccccc4)n3)cn2c1. The Morgan fingerprint density at radius 3 is 2.69 bits per heavy atom. The number of fused-ring (bicyclic) bond motifs is 1.